The Balaban J connectivity index is 1.74. The molecule has 1 fully saturated rings. The monoisotopic (exact) mass is 290 g/mol. The van der Waals surface area contributed by atoms with Gasteiger partial charge in [0, 0.05) is 25.2 Å². The van der Waals surface area contributed by atoms with Gasteiger partial charge in [0.15, 0.2) is 0 Å². The number of aliphatic hydroxyl groups excluding tert-OH is 1. The van der Waals surface area contributed by atoms with Crippen LogP contribution in [0, 0.1) is 0 Å². The van der Waals surface area contributed by atoms with E-state index in [4.69, 9.17) is 0 Å². The van der Waals surface area contributed by atoms with Gasteiger partial charge < -0.3 is 10.4 Å². The van der Waals surface area contributed by atoms with Gasteiger partial charge in [-0.25, -0.2) is 0 Å². The SMILES string of the molecule is CC(C)c1ccc(C(O)CNCC(C)N(C)C2CC2)cc1. The number of nitrogens with zero attached hydrogens (tertiary/aromatic N) is 1. The van der Waals surface area contributed by atoms with Gasteiger partial charge in [-0.2, -0.15) is 0 Å². The number of likely N-dealkylation sites (N-methyl/N-ethyl adjacent to an activating group) is 1. The summed E-state index contributed by atoms with van der Waals surface area (Å²) in [4.78, 5) is 2.44. The lowest BCUT2D eigenvalue weighted by Gasteiger charge is -2.25. The van der Waals surface area contributed by atoms with E-state index in [9.17, 15) is 5.11 Å². The maximum Gasteiger partial charge on any atom is 0.0914 e. The topological polar surface area (TPSA) is 35.5 Å². The van der Waals surface area contributed by atoms with Gasteiger partial charge in [0.25, 0.3) is 0 Å². The zero-order chi connectivity index (χ0) is 15.4. The van der Waals surface area contributed by atoms with Gasteiger partial charge in [0.05, 0.1) is 6.10 Å². The number of benzene rings is 1. The van der Waals surface area contributed by atoms with Crippen molar-refractivity contribution in [2.75, 3.05) is 20.1 Å². The van der Waals surface area contributed by atoms with Crippen LogP contribution >= 0.6 is 0 Å². The quantitative estimate of drug-likeness (QED) is 0.773. The second kappa shape index (κ2) is 7.39. The van der Waals surface area contributed by atoms with E-state index >= 15 is 0 Å². The van der Waals surface area contributed by atoms with Crippen LogP contribution in [0.4, 0.5) is 0 Å². The Morgan fingerprint density at radius 2 is 1.67 bits per heavy atom. The van der Waals surface area contributed by atoms with Gasteiger partial charge in [0.2, 0.25) is 0 Å². The molecule has 3 heteroatoms. The zero-order valence-corrected chi connectivity index (χ0v) is 13.8. The van der Waals surface area contributed by atoms with Crippen LogP contribution in [0.25, 0.3) is 0 Å². The first-order valence-electron chi connectivity index (χ1n) is 8.19. The molecule has 2 atom stereocenters. The van der Waals surface area contributed by atoms with Crippen molar-refractivity contribution in [3.63, 3.8) is 0 Å². The molecule has 0 spiro atoms. The maximum atomic E-state index is 10.2. The molecule has 1 aromatic rings. The van der Waals surface area contributed by atoms with Crippen LogP contribution in [-0.4, -0.2) is 42.2 Å². The van der Waals surface area contributed by atoms with E-state index in [1.54, 1.807) is 0 Å². The van der Waals surface area contributed by atoms with Crippen molar-refractivity contribution >= 4 is 0 Å². The molecular weight excluding hydrogens is 260 g/mol. The van der Waals surface area contributed by atoms with Gasteiger partial charge >= 0.3 is 0 Å². The van der Waals surface area contributed by atoms with Gasteiger partial charge in [-0.1, -0.05) is 38.1 Å². The highest BCUT2D eigenvalue weighted by Crippen LogP contribution is 2.26. The lowest BCUT2D eigenvalue weighted by molar-refractivity contribution is 0.167. The molecule has 118 valence electrons. The highest BCUT2D eigenvalue weighted by molar-refractivity contribution is 5.26. The highest BCUT2D eigenvalue weighted by Gasteiger charge is 2.28. The summed E-state index contributed by atoms with van der Waals surface area (Å²) >= 11 is 0. The molecule has 0 saturated heterocycles. The summed E-state index contributed by atoms with van der Waals surface area (Å²) in [6, 6.07) is 9.63. The second-order valence-electron chi connectivity index (χ2n) is 6.74. The molecule has 1 saturated carbocycles. The van der Waals surface area contributed by atoms with Crippen LogP contribution in [0.3, 0.4) is 0 Å². The largest absolute Gasteiger partial charge is 0.387 e. The second-order valence-corrected chi connectivity index (χ2v) is 6.74. The Labute approximate surface area is 129 Å². The van der Waals surface area contributed by atoms with E-state index in [0.29, 0.717) is 18.5 Å². The first kappa shape index (κ1) is 16.5. The van der Waals surface area contributed by atoms with E-state index in [-0.39, 0.29) is 0 Å². The number of hydrogen-bond acceptors (Lipinski definition) is 3. The molecular formula is C18H30N2O. The van der Waals surface area contributed by atoms with E-state index in [1.165, 1.54) is 18.4 Å². The van der Waals surface area contributed by atoms with Crippen molar-refractivity contribution in [1.29, 1.82) is 0 Å². The number of nitrogens with one attached hydrogen (secondary N) is 1. The molecule has 0 bridgehead atoms. The molecule has 1 aromatic carbocycles. The van der Waals surface area contributed by atoms with Crippen molar-refractivity contribution in [3.05, 3.63) is 35.4 Å². The molecule has 2 unspecified atom stereocenters. The van der Waals surface area contributed by atoms with Gasteiger partial charge in [-0.3, -0.25) is 4.90 Å². The lowest BCUT2D eigenvalue weighted by Crippen LogP contribution is -2.40. The van der Waals surface area contributed by atoms with Crippen molar-refractivity contribution in [2.45, 2.75) is 57.7 Å². The Morgan fingerprint density at radius 3 is 2.19 bits per heavy atom. The molecule has 1 aliphatic rings. The molecule has 0 aromatic heterocycles. The van der Waals surface area contributed by atoms with E-state index in [1.807, 2.05) is 12.1 Å². The standard InChI is InChI=1S/C18H30N2O/c1-13(2)15-5-7-16(8-6-15)18(21)12-19-11-14(3)20(4)17-9-10-17/h5-8,13-14,17-19,21H,9-12H2,1-4H3. The predicted octanol–water partition coefficient (Wildman–Crippen LogP) is 2.92. The Bertz CT molecular complexity index is 425. The van der Waals surface area contributed by atoms with Crippen LogP contribution in [-0.2, 0) is 0 Å². The predicted molar refractivity (Wildman–Crippen MR) is 88.6 cm³/mol. The number of rotatable bonds is 8. The van der Waals surface area contributed by atoms with Crippen LogP contribution in [0.15, 0.2) is 24.3 Å². The van der Waals surface area contributed by atoms with Crippen molar-refractivity contribution in [2.24, 2.45) is 0 Å². The molecule has 2 N–H and O–H groups in total. The Morgan fingerprint density at radius 1 is 1.10 bits per heavy atom. The normalized spacial score (nSPS) is 18.2. The minimum absolute atomic E-state index is 0.426. The summed E-state index contributed by atoms with van der Waals surface area (Å²) in [5, 5.41) is 13.6. The molecule has 0 amide bonds. The molecule has 21 heavy (non-hydrogen) atoms. The van der Waals surface area contributed by atoms with Crippen molar-refractivity contribution < 1.29 is 5.11 Å². The summed E-state index contributed by atoms with van der Waals surface area (Å²) in [6.07, 6.45) is 2.25. The fraction of sp³-hybridized carbons (Fsp3) is 0.667. The summed E-state index contributed by atoms with van der Waals surface area (Å²) in [5.74, 6) is 0.535. The Kier molecular flexibility index (Phi) is 5.80. The smallest absolute Gasteiger partial charge is 0.0914 e. The first-order chi connectivity index (χ1) is 9.99. The fourth-order valence-corrected chi connectivity index (χ4v) is 2.64. The molecule has 3 nitrogen and oxygen atoms in total. The summed E-state index contributed by atoms with van der Waals surface area (Å²) in [5.41, 5.74) is 2.31. The summed E-state index contributed by atoms with van der Waals surface area (Å²) < 4.78 is 0. The van der Waals surface area contributed by atoms with Crippen molar-refractivity contribution in [1.82, 2.24) is 10.2 Å². The highest BCUT2D eigenvalue weighted by atomic mass is 16.3. The minimum Gasteiger partial charge on any atom is -0.387 e. The average molecular weight is 290 g/mol. The van der Waals surface area contributed by atoms with Crippen LogP contribution < -0.4 is 5.32 Å². The number of aliphatic hydroxyl groups is 1. The molecule has 0 aliphatic heterocycles. The summed E-state index contributed by atoms with van der Waals surface area (Å²) in [6.45, 7) is 8.16. The molecule has 0 heterocycles. The number of hydrogen-bond donors (Lipinski definition) is 2. The maximum absolute atomic E-state index is 10.2. The van der Waals surface area contributed by atoms with Crippen LogP contribution in [0.1, 0.15) is 56.8 Å². The third-order valence-corrected chi connectivity index (χ3v) is 4.58. The van der Waals surface area contributed by atoms with Gasteiger partial charge in [-0.05, 0) is 43.9 Å². The lowest BCUT2D eigenvalue weighted by atomic mass is 10.00. The third-order valence-electron chi connectivity index (χ3n) is 4.58. The summed E-state index contributed by atoms with van der Waals surface area (Å²) in [7, 11) is 2.20. The minimum atomic E-state index is -0.426. The molecule has 1 aliphatic carbocycles. The van der Waals surface area contributed by atoms with Gasteiger partial charge in [-0.15, -0.1) is 0 Å². The average Bonchev–Trinajstić information content (AvgIpc) is 3.30. The fourth-order valence-electron chi connectivity index (χ4n) is 2.64. The zero-order valence-electron chi connectivity index (χ0n) is 13.8. The van der Waals surface area contributed by atoms with Crippen molar-refractivity contribution in [3.8, 4) is 0 Å². The molecule has 0 radical (unpaired) electrons. The third kappa shape index (κ3) is 4.80. The van der Waals surface area contributed by atoms with Crippen LogP contribution in [0.5, 0.6) is 0 Å². The molecule has 2 rings (SSSR count). The first-order valence-corrected chi connectivity index (χ1v) is 8.19. The van der Waals surface area contributed by atoms with Gasteiger partial charge in [0.1, 0.15) is 0 Å². The van der Waals surface area contributed by atoms with E-state index in [0.717, 1.165) is 18.2 Å². The van der Waals surface area contributed by atoms with E-state index in [2.05, 4.69) is 50.2 Å². The Hall–Kier alpha value is -0.900. The van der Waals surface area contributed by atoms with Crippen LogP contribution in [0.2, 0.25) is 0 Å². The van der Waals surface area contributed by atoms with E-state index < -0.39 is 6.10 Å².